The molecule has 106 valence electrons. The monoisotopic (exact) mass is 290 g/mol. The fraction of sp³-hybridized carbons (Fsp3) is 0.429. The first kappa shape index (κ1) is 13.5. The van der Waals surface area contributed by atoms with E-state index in [-0.39, 0.29) is 0 Å². The third kappa shape index (κ3) is 3.52. The maximum Gasteiger partial charge on any atom is 0.188 e. The number of aromatic amines is 1. The van der Waals surface area contributed by atoms with Gasteiger partial charge in [0.2, 0.25) is 0 Å². The Bertz CT molecular complexity index is 529. The Morgan fingerprint density at radius 2 is 2.20 bits per heavy atom. The third-order valence-electron chi connectivity index (χ3n) is 3.32. The van der Waals surface area contributed by atoms with Crippen molar-refractivity contribution < 1.29 is 4.74 Å². The highest BCUT2D eigenvalue weighted by Crippen LogP contribution is 2.26. The second kappa shape index (κ2) is 6.28. The van der Waals surface area contributed by atoms with E-state index in [9.17, 15) is 0 Å². The van der Waals surface area contributed by atoms with Crippen molar-refractivity contribution in [2.75, 3.05) is 11.9 Å². The van der Waals surface area contributed by atoms with Gasteiger partial charge in [0.1, 0.15) is 6.33 Å². The molecular formula is C14H18N4OS. The summed E-state index contributed by atoms with van der Waals surface area (Å²) in [5.41, 5.74) is 1.16. The largest absolute Gasteiger partial charge is 0.382 e. The number of benzene rings is 1. The van der Waals surface area contributed by atoms with Gasteiger partial charge in [0.15, 0.2) is 5.16 Å². The van der Waals surface area contributed by atoms with Gasteiger partial charge in [-0.25, -0.2) is 4.98 Å². The molecule has 2 aromatic rings. The van der Waals surface area contributed by atoms with E-state index in [4.69, 9.17) is 4.74 Å². The molecule has 1 aliphatic heterocycles. The normalized spacial score (nSPS) is 22.6. The van der Waals surface area contributed by atoms with Crippen LogP contribution in [0.5, 0.6) is 0 Å². The van der Waals surface area contributed by atoms with Crippen LogP contribution < -0.4 is 5.32 Å². The second-order valence-corrected chi connectivity index (χ2v) is 6.03. The first-order valence-corrected chi connectivity index (χ1v) is 7.62. The van der Waals surface area contributed by atoms with Crippen molar-refractivity contribution >= 4 is 17.4 Å². The van der Waals surface area contributed by atoms with E-state index < -0.39 is 0 Å². The zero-order chi connectivity index (χ0) is 13.8. The van der Waals surface area contributed by atoms with Gasteiger partial charge in [-0.15, -0.1) is 0 Å². The van der Waals surface area contributed by atoms with Gasteiger partial charge < -0.3 is 10.1 Å². The topological polar surface area (TPSA) is 62.8 Å². The van der Waals surface area contributed by atoms with Crippen LogP contribution in [0.3, 0.4) is 0 Å². The Morgan fingerprint density at radius 1 is 1.35 bits per heavy atom. The van der Waals surface area contributed by atoms with E-state index in [1.54, 1.807) is 11.8 Å². The smallest absolute Gasteiger partial charge is 0.188 e. The van der Waals surface area contributed by atoms with E-state index in [0.717, 1.165) is 35.2 Å². The first-order chi connectivity index (χ1) is 9.79. The number of rotatable bonds is 4. The van der Waals surface area contributed by atoms with Gasteiger partial charge in [0.25, 0.3) is 0 Å². The summed E-state index contributed by atoms with van der Waals surface area (Å²) in [4.78, 5) is 5.25. The molecule has 5 nitrogen and oxygen atoms in total. The SMILES string of the molecule is CC1CC(Nc2ccc(Sc3ncn[nH]3)cc2)CCO1. The van der Waals surface area contributed by atoms with Crippen molar-refractivity contribution in [1.29, 1.82) is 0 Å². The van der Waals surface area contributed by atoms with Crippen LogP contribution in [-0.4, -0.2) is 33.9 Å². The summed E-state index contributed by atoms with van der Waals surface area (Å²) in [6.45, 7) is 2.98. The molecule has 0 amide bonds. The maximum absolute atomic E-state index is 5.56. The molecule has 2 unspecified atom stereocenters. The van der Waals surface area contributed by atoms with Crippen molar-refractivity contribution in [2.24, 2.45) is 0 Å². The van der Waals surface area contributed by atoms with Crippen molar-refractivity contribution in [3.8, 4) is 0 Å². The molecule has 2 N–H and O–H groups in total. The average molecular weight is 290 g/mol. The number of nitrogens with zero attached hydrogens (tertiary/aromatic N) is 2. The Morgan fingerprint density at radius 3 is 2.90 bits per heavy atom. The molecule has 3 rings (SSSR count). The first-order valence-electron chi connectivity index (χ1n) is 6.81. The van der Waals surface area contributed by atoms with Gasteiger partial charge in [0.05, 0.1) is 6.10 Å². The minimum absolute atomic E-state index is 0.350. The van der Waals surface area contributed by atoms with Gasteiger partial charge in [-0.3, -0.25) is 5.10 Å². The summed E-state index contributed by atoms with van der Waals surface area (Å²) >= 11 is 1.57. The van der Waals surface area contributed by atoms with Crippen LogP contribution in [-0.2, 0) is 4.74 Å². The predicted octanol–water partition coefficient (Wildman–Crippen LogP) is 2.94. The molecule has 2 heterocycles. The van der Waals surface area contributed by atoms with Gasteiger partial charge in [-0.05, 0) is 44.0 Å². The molecule has 20 heavy (non-hydrogen) atoms. The van der Waals surface area contributed by atoms with Crippen molar-refractivity contribution in [3.63, 3.8) is 0 Å². The molecule has 1 aromatic carbocycles. The van der Waals surface area contributed by atoms with E-state index in [2.05, 4.69) is 51.7 Å². The molecule has 6 heteroatoms. The summed E-state index contributed by atoms with van der Waals surface area (Å²) in [7, 11) is 0. The molecule has 1 saturated heterocycles. The Kier molecular flexibility index (Phi) is 4.22. The lowest BCUT2D eigenvalue weighted by molar-refractivity contribution is 0.0232. The summed E-state index contributed by atoms with van der Waals surface area (Å²) < 4.78 is 5.56. The number of hydrogen-bond donors (Lipinski definition) is 2. The summed E-state index contributed by atoms with van der Waals surface area (Å²) in [6.07, 6.45) is 4.00. The van der Waals surface area contributed by atoms with Gasteiger partial charge in [-0.1, -0.05) is 11.8 Å². The molecule has 0 saturated carbocycles. The number of hydrogen-bond acceptors (Lipinski definition) is 5. The fourth-order valence-electron chi connectivity index (χ4n) is 2.34. The highest BCUT2D eigenvalue weighted by Gasteiger charge is 2.18. The van der Waals surface area contributed by atoms with Crippen molar-refractivity contribution in [3.05, 3.63) is 30.6 Å². The van der Waals surface area contributed by atoms with Gasteiger partial charge in [-0.2, -0.15) is 5.10 Å². The van der Waals surface area contributed by atoms with Crippen LogP contribution in [0.15, 0.2) is 40.6 Å². The number of aromatic nitrogens is 3. The van der Waals surface area contributed by atoms with Gasteiger partial charge >= 0.3 is 0 Å². The van der Waals surface area contributed by atoms with Crippen molar-refractivity contribution in [2.45, 2.75) is 42.0 Å². The Labute approximate surface area is 122 Å². The molecule has 0 aliphatic carbocycles. The van der Waals surface area contributed by atoms with Gasteiger partial charge in [0, 0.05) is 23.2 Å². The lowest BCUT2D eigenvalue weighted by atomic mass is 10.0. The molecular weight excluding hydrogens is 272 g/mol. The van der Waals surface area contributed by atoms with Crippen LogP contribution in [0, 0.1) is 0 Å². The Hall–Kier alpha value is -1.53. The molecule has 0 bridgehead atoms. The average Bonchev–Trinajstić information content (AvgIpc) is 2.94. The van der Waals surface area contributed by atoms with Crippen LogP contribution in [0.2, 0.25) is 0 Å². The molecule has 1 fully saturated rings. The van der Waals surface area contributed by atoms with E-state index in [0.29, 0.717) is 12.1 Å². The maximum atomic E-state index is 5.56. The molecule has 1 aromatic heterocycles. The number of anilines is 1. The van der Waals surface area contributed by atoms with E-state index in [1.165, 1.54) is 6.33 Å². The molecule has 0 radical (unpaired) electrons. The second-order valence-electron chi connectivity index (χ2n) is 4.96. The van der Waals surface area contributed by atoms with Crippen LogP contribution in [0.25, 0.3) is 0 Å². The lowest BCUT2D eigenvalue weighted by Gasteiger charge is -2.28. The van der Waals surface area contributed by atoms with Crippen LogP contribution >= 0.6 is 11.8 Å². The number of H-pyrrole nitrogens is 1. The highest BCUT2D eigenvalue weighted by molar-refractivity contribution is 7.99. The molecule has 2 atom stereocenters. The molecule has 1 aliphatic rings. The zero-order valence-electron chi connectivity index (χ0n) is 11.4. The molecule has 0 spiro atoms. The minimum atomic E-state index is 0.350. The van der Waals surface area contributed by atoms with Crippen LogP contribution in [0.4, 0.5) is 5.69 Å². The number of nitrogens with one attached hydrogen (secondary N) is 2. The minimum Gasteiger partial charge on any atom is -0.382 e. The lowest BCUT2D eigenvalue weighted by Crippen LogP contribution is -2.32. The van der Waals surface area contributed by atoms with E-state index >= 15 is 0 Å². The van der Waals surface area contributed by atoms with Crippen LogP contribution in [0.1, 0.15) is 19.8 Å². The van der Waals surface area contributed by atoms with E-state index in [1.807, 2.05) is 0 Å². The predicted molar refractivity (Wildman–Crippen MR) is 79.0 cm³/mol. The highest BCUT2D eigenvalue weighted by atomic mass is 32.2. The standard InChI is InChI=1S/C14H18N4OS/c1-10-8-12(6-7-19-10)17-11-2-4-13(5-3-11)20-14-15-9-16-18-14/h2-5,9-10,12,17H,6-8H2,1H3,(H,15,16,18). The Balaban J connectivity index is 1.58. The fourth-order valence-corrected chi connectivity index (χ4v) is 3.03. The number of ether oxygens (including phenoxy) is 1. The quantitative estimate of drug-likeness (QED) is 0.906. The zero-order valence-corrected chi connectivity index (χ0v) is 12.2. The summed E-state index contributed by atoms with van der Waals surface area (Å²) in [5, 5.41) is 11.1. The third-order valence-corrected chi connectivity index (χ3v) is 4.22. The summed E-state index contributed by atoms with van der Waals surface area (Å²) in [5.74, 6) is 0. The van der Waals surface area contributed by atoms with Crippen molar-refractivity contribution in [1.82, 2.24) is 15.2 Å². The summed E-state index contributed by atoms with van der Waals surface area (Å²) in [6, 6.07) is 8.92.